The van der Waals surface area contributed by atoms with Crippen LogP contribution in [0.5, 0.6) is 0 Å². The summed E-state index contributed by atoms with van der Waals surface area (Å²) in [4.78, 5) is 20.4. The summed E-state index contributed by atoms with van der Waals surface area (Å²) in [5.74, 6) is -0.452. The first-order chi connectivity index (χ1) is 6.16. The van der Waals surface area contributed by atoms with E-state index in [2.05, 4.69) is 6.58 Å². The molecule has 4 nitrogen and oxygen atoms in total. The molecule has 0 saturated carbocycles. The zero-order valence-electron chi connectivity index (χ0n) is 9.16. The molecule has 0 aromatic rings. The quantitative estimate of drug-likeness (QED) is 0.441. The van der Waals surface area contributed by atoms with Crippen LogP contribution in [0.25, 0.3) is 0 Å². The van der Waals surface area contributed by atoms with Gasteiger partial charge in [-0.2, -0.15) is 0 Å². The second-order valence-electron chi connectivity index (χ2n) is 4.12. The highest BCUT2D eigenvalue weighted by molar-refractivity contribution is 6.81. The minimum Gasteiger partial charge on any atom is -0.463 e. The Morgan fingerprint density at radius 2 is 1.93 bits per heavy atom. The third-order valence-corrected chi connectivity index (χ3v) is 6.30. The van der Waals surface area contributed by atoms with E-state index in [9.17, 15) is 9.59 Å². The van der Waals surface area contributed by atoms with Crippen molar-refractivity contribution < 1.29 is 18.4 Å². The van der Waals surface area contributed by atoms with Gasteiger partial charge in [-0.1, -0.05) is 6.58 Å². The Balaban J connectivity index is 4.08. The Morgan fingerprint density at radius 1 is 1.43 bits per heavy atom. The van der Waals surface area contributed by atoms with Crippen LogP contribution in [0.2, 0.25) is 26.2 Å². The van der Waals surface area contributed by atoms with Gasteiger partial charge in [0.15, 0.2) is 0 Å². The van der Waals surface area contributed by atoms with Crippen LogP contribution in [0.4, 0.5) is 0 Å². The van der Waals surface area contributed by atoms with E-state index in [-0.39, 0.29) is 6.23 Å². The maximum absolute atomic E-state index is 10.8. The molecule has 0 aromatic heterocycles. The predicted molar refractivity (Wildman–Crippen MR) is 59.4 cm³/mol. The van der Waals surface area contributed by atoms with Crippen molar-refractivity contribution in [2.75, 3.05) is 6.23 Å². The lowest BCUT2D eigenvalue weighted by Crippen LogP contribution is -2.48. The van der Waals surface area contributed by atoms with Gasteiger partial charge in [0.2, 0.25) is 8.32 Å². The van der Waals surface area contributed by atoms with Gasteiger partial charge < -0.3 is 13.6 Å². The molecule has 1 N–H and O–H groups in total. The minimum absolute atomic E-state index is 0.245. The average molecular weight is 234 g/mol. The van der Waals surface area contributed by atoms with Gasteiger partial charge in [-0.3, -0.25) is 0 Å². The van der Waals surface area contributed by atoms with Crippen LogP contribution < -0.4 is 0 Å². The van der Waals surface area contributed by atoms with Crippen molar-refractivity contribution in [3.63, 3.8) is 0 Å². The highest BCUT2D eigenvalue weighted by Gasteiger charge is 2.33. The topological polar surface area (TPSA) is 55.8 Å². The van der Waals surface area contributed by atoms with Gasteiger partial charge in [0.05, 0.1) is 0 Å². The van der Waals surface area contributed by atoms with Crippen molar-refractivity contribution in [3.05, 3.63) is 12.7 Å². The van der Waals surface area contributed by atoms with Crippen molar-refractivity contribution in [2.45, 2.75) is 26.2 Å². The van der Waals surface area contributed by atoms with E-state index in [0.717, 1.165) is 6.08 Å². The molecule has 0 amide bonds. The first kappa shape index (κ1) is 13.6. The molecule has 0 aliphatic carbocycles. The van der Waals surface area contributed by atoms with Crippen LogP contribution in [0.15, 0.2) is 12.7 Å². The zero-order valence-corrected chi connectivity index (χ0v) is 11.2. The van der Waals surface area contributed by atoms with E-state index in [0.29, 0.717) is 0 Å². The first-order valence-electron chi connectivity index (χ1n) is 4.38. The Labute approximate surface area is 86.9 Å². The molecule has 14 heavy (non-hydrogen) atoms. The lowest BCUT2D eigenvalue weighted by molar-refractivity contribution is -0.136. The lowest BCUT2D eigenvalue weighted by Gasteiger charge is -2.28. The fraction of sp³-hybridized carbons (Fsp3) is 0.625. The summed E-state index contributed by atoms with van der Waals surface area (Å²) in [6.07, 6.45) is 1.36. The lowest BCUT2D eigenvalue weighted by atomic mass is 10.7. The summed E-state index contributed by atoms with van der Waals surface area (Å²) in [6, 6.07) is 0. The van der Waals surface area contributed by atoms with Crippen molar-refractivity contribution in [3.8, 4) is 0 Å². The molecule has 0 atom stereocenters. The summed E-state index contributed by atoms with van der Waals surface area (Å²) in [7, 11) is -4.63. The van der Waals surface area contributed by atoms with Crippen LogP contribution in [0.3, 0.4) is 0 Å². The minimum atomic E-state index is -2.53. The molecule has 0 fully saturated rings. The molecular formula is C8H18O4Si2. The third-order valence-electron chi connectivity index (χ3n) is 1.25. The molecule has 0 spiro atoms. The molecule has 0 rings (SSSR count). The van der Waals surface area contributed by atoms with Gasteiger partial charge >= 0.3 is 14.5 Å². The normalized spacial score (nSPS) is 12.4. The predicted octanol–water partition coefficient (Wildman–Crippen LogP) is 1.17. The number of hydrogen-bond donors (Lipinski definition) is 1. The molecule has 0 aromatic carbocycles. The van der Waals surface area contributed by atoms with Gasteiger partial charge in [0, 0.05) is 6.08 Å². The first-order valence-corrected chi connectivity index (χ1v) is 10.4. The molecular weight excluding hydrogens is 216 g/mol. The fourth-order valence-electron chi connectivity index (χ4n) is 1.01. The standard InChI is InChI=1S/C8H18O4Si2/c1-6-8(9)11-7-13(2,3)12-14(4,5)10/h6,10H,1,7H2,2-5H3. The van der Waals surface area contributed by atoms with E-state index in [1.807, 2.05) is 13.1 Å². The number of hydrogen-bond acceptors (Lipinski definition) is 4. The maximum Gasteiger partial charge on any atom is 0.329 e. The Hall–Kier alpha value is -0.436. The van der Waals surface area contributed by atoms with Crippen molar-refractivity contribution in [1.29, 1.82) is 0 Å². The van der Waals surface area contributed by atoms with Gasteiger partial charge in [-0.05, 0) is 26.2 Å². The number of carbonyl (C=O) groups is 1. The van der Waals surface area contributed by atoms with E-state index in [4.69, 9.17) is 8.85 Å². The molecule has 0 aliphatic rings. The maximum atomic E-state index is 10.8. The highest BCUT2D eigenvalue weighted by atomic mass is 28.4. The number of esters is 1. The molecule has 0 bridgehead atoms. The van der Waals surface area contributed by atoms with Crippen LogP contribution in [0, 0.1) is 0 Å². The highest BCUT2D eigenvalue weighted by Crippen LogP contribution is 2.12. The smallest absolute Gasteiger partial charge is 0.329 e. The van der Waals surface area contributed by atoms with Crippen LogP contribution in [-0.4, -0.2) is 33.9 Å². The van der Waals surface area contributed by atoms with Crippen molar-refractivity contribution in [2.24, 2.45) is 0 Å². The molecule has 0 heterocycles. The van der Waals surface area contributed by atoms with Gasteiger partial charge in [0.1, 0.15) is 6.23 Å². The van der Waals surface area contributed by atoms with Crippen LogP contribution in [-0.2, 0) is 13.6 Å². The molecule has 0 aliphatic heterocycles. The third kappa shape index (κ3) is 7.01. The summed E-state index contributed by atoms with van der Waals surface area (Å²) >= 11 is 0. The van der Waals surface area contributed by atoms with Gasteiger partial charge in [-0.15, -0.1) is 0 Å². The number of carbonyl (C=O) groups excluding carboxylic acids is 1. The summed E-state index contributed by atoms with van der Waals surface area (Å²) in [5.41, 5.74) is 0. The Bertz CT molecular complexity index is 220. The summed E-state index contributed by atoms with van der Waals surface area (Å²) in [5, 5.41) is 0. The molecule has 6 heteroatoms. The van der Waals surface area contributed by atoms with Gasteiger partial charge in [0.25, 0.3) is 0 Å². The Kier molecular flexibility index (Phi) is 4.72. The SMILES string of the molecule is C=CC(=O)OC[Si](C)(C)O[Si](C)(C)O. The van der Waals surface area contributed by atoms with Gasteiger partial charge in [-0.25, -0.2) is 4.79 Å². The Morgan fingerprint density at radius 3 is 2.29 bits per heavy atom. The van der Waals surface area contributed by atoms with E-state index < -0.39 is 22.8 Å². The number of rotatable bonds is 5. The van der Waals surface area contributed by atoms with Crippen LogP contribution in [0.1, 0.15) is 0 Å². The molecule has 82 valence electrons. The molecule has 0 radical (unpaired) electrons. The largest absolute Gasteiger partial charge is 0.463 e. The van der Waals surface area contributed by atoms with Crippen molar-refractivity contribution in [1.82, 2.24) is 0 Å². The summed E-state index contributed by atoms with van der Waals surface area (Å²) < 4.78 is 10.4. The second kappa shape index (κ2) is 4.88. The van der Waals surface area contributed by atoms with Crippen molar-refractivity contribution >= 4 is 22.8 Å². The number of ether oxygens (including phenoxy) is 1. The average Bonchev–Trinajstić information content (AvgIpc) is 1.96. The second-order valence-corrected chi connectivity index (χ2v) is 11.6. The van der Waals surface area contributed by atoms with Crippen LogP contribution >= 0.6 is 0 Å². The monoisotopic (exact) mass is 234 g/mol. The fourth-order valence-corrected chi connectivity index (χ4v) is 7.14. The molecule has 0 saturated heterocycles. The summed E-state index contributed by atoms with van der Waals surface area (Å²) in [6.45, 7) is 10.5. The van der Waals surface area contributed by atoms with E-state index in [1.54, 1.807) is 13.1 Å². The van der Waals surface area contributed by atoms with E-state index >= 15 is 0 Å². The van der Waals surface area contributed by atoms with E-state index in [1.165, 1.54) is 0 Å². The zero-order chi connectivity index (χ0) is 11.4. The molecule has 0 unspecified atom stereocenters.